The summed E-state index contributed by atoms with van der Waals surface area (Å²) in [5, 5.41) is 16.7. The van der Waals surface area contributed by atoms with Crippen LogP contribution in [0.1, 0.15) is 110 Å². The molecule has 0 spiro atoms. The first-order valence-electron chi connectivity index (χ1n) is 11.4. The molecule has 2 N–H and O–H groups in total. The second kappa shape index (κ2) is 10.6. The van der Waals surface area contributed by atoms with E-state index in [2.05, 4.69) is 50.1 Å². The van der Waals surface area contributed by atoms with E-state index in [0.717, 1.165) is 25.8 Å². The first-order chi connectivity index (χ1) is 13.6. The van der Waals surface area contributed by atoms with E-state index >= 15 is 0 Å². The zero-order valence-electron chi connectivity index (χ0n) is 19.1. The molecule has 29 heavy (non-hydrogen) atoms. The Hall–Kier alpha value is -1.43. The fourth-order valence-corrected chi connectivity index (χ4v) is 4.79. The van der Waals surface area contributed by atoms with Crippen LogP contribution in [-0.2, 0) is 11.3 Å². The third-order valence-corrected chi connectivity index (χ3v) is 6.70. The molecule has 1 heterocycles. The van der Waals surface area contributed by atoms with Gasteiger partial charge in [0.2, 0.25) is 5.89 Å². The van der Waals surface area contributed by atoms with Crippen molar-refractivity contribution in [3.8, 4) is 0 Å². The predicted octanol–water partition coefficient (Wildman–Crippen LogP) is 5.54. The summed E-state index contributed by atoms with van der Waals surface area (Å²) in [4.78, 5) is 15.9. The van der Waals surface area contributed by atoms with Crippen LogP contribution in [0.4, 0.5) is 0 Å². The molecule has 6 nitrogen and oxygen atoms in total. The summed E-state index contributed by atoms with van der Waals surface area (Å²) in [5.74, 6) is 0.614. The van der Waals surface area contributed by atoms with Crippen LogP contribution in [-0.4, -0.2) is 27.8 Å². The second-order valence-electron chi connectivity index (χ2n) is 10.4. The highest BCUT2D eigenvalue weighted by Gasteiger charge is 2.41. The van der Waals surface area contributed by atoms with Gasteiger partial charge in [0, 0.05) is 5.92 Å². The average molecular weight is 408 g/mol. The number of rotatable bonds is 11. The second-order valence-corrected chi connectivity index (χ2v) is 10.4. The molecule has 1 unspecified atom stereocenters. The Morgan fingerprint density at radius 2 is 1.93 bits per heavy atom. The lowest BCUT2D eigenvalue weighted by atomic mass is 9.57. The van der Waals surface area contributed by atoms with E-state index in [-0.39, 0.29) is 17.8 Å². The Labute approximate surface area is 176 Å². The number of aromatic nitrogens is 2. The summed E-state index contributed by atoms with van der Waals surface area (Å²) in [5.41, 5.74) is 0.634. The van der Waals surface area contributed by atoms with Gasteiger partial charge in [0.05, 0.1) is 13.0 Å². The number of hydrogen-bond donors (Lipinski definition) is 2. The van der Waals surface area contributed by atoms with Crippen molar-refractivity contribution in [1.82, 2.24) is 15.5 Å². The molecule has 0 amide bonds. The van der Waals surface area contributed by atoms with Gasteiger partial charge in [-0.15, -0.1) is 0 Å². The van der Waals surface area contributed by atoms with Crippen molar-refractivity contribution in [3.63, 3.8) is 0 Å². The van der Waals surface area contributed by atoms with Crippen molar-refractivity contribution in [2.45, 2.75) is 105 Å². The van der Waals surface area contributed by atoms with Crippen LogP contribution in [0.15, 0.2) is 4.52 Å². The third kappa shape index (κ3) is 7.09. The minimum Gasteiger partial charge on any atom is -0.481 e. The van der Waals surface area contributed by atoms with E-state index in [1.54, 1.807) is 0 Å². The van der Waals surface area contributed by atoms with Crippen molar-refractivity contribution in [3.05, 3.63) is 11.7 Å². The largest absolute Gasteiger partial charge is 0.481 e. The Morgan fingerprint density at radius 1 is 1.24 bits per heavy atom. The number of nitrogens with one attached hydrogen (secondary N) is 1. The SMILES string of the molecule is CC(C)CNCc1noc(C(CCCC2(C(C)(C)C)CCCCC2)CC(=O)O)n1. The summed E-state index contributed by atoms with van der Waals surface area (Å²) < 4.78 is 5.46. The number of carboxylic acids is 1. The number of carbonyl (C=O) groups is 1. The first kappa shape index (κ1) is 23.8. The highest BCUT2D eigenvalue weighted by molar-refractivity contribution is 5.67. The summed E-state index contributed by atoms with van der Waals surface area (Å²) >= 11 is 0. The predicted molar refractivity (Wildman–Crippen MR) is 115 cm³/mol. The van der Waals surface area contributed by atoms with Crippen molar-refractivity contribution in [1.29, 1.82) is 0 Å². The third-order valence-electron chi connectivity index (χ3n) is 6.70. The van der Waals surface area contributed by atoms with E-state index in [9.17, 15) is 9.90 Å². The molecule has 1 aliphatic carbocycles. The molecule has 0 aromatic carbocycles. The van der Waals surface area contributed by atoms with Crippen LogP contribution >= 0.6 is 0 Å². The number of aliphatic carboxylic acids is 1. The molecule has 1 aliphatic rings. The fourth-order valence-electron chi connectivity index (χ4n) is 4.79. The fraction of sp³-hybridized carbons (Fsp3) is 0.870. The van der Waals surface area contributed by atoms with E-state index in [4.69, 9.17) is 4.52 Å². The molecular weight excluding hydrogens is 366 g/mol. The van der Waals surface area contributed by atoms with Crippen LogP contribution in [0.2, 0.25) is 0 Å². The molecule has 0 aliphatic heterocycles. The summed E-state index contributed by atoms with van der Waals surface area (Å²) in [6.45, 7) is 12.8. The van der Waals surface area contributed by atoms with Gasteiger partial charge in [-0.25, -0.2) is 0 Å². The maximum Gasteiger partial charge on any atom is 0.304 e. The molecule has 1 atom stereocenters. The lowest BCUT2D eigenvalue weighted by Crippen LogP contribution is -2.37. The van der Waals surface area contributed by atoms with Gasteiger partial charge < -0.3 is 14.9 Å². The molecular formula is C23H41N3O3. The van der Waals surface area contributed by atoms with Gasteiger partial charge >= 0.3 is 5.97 Å². The Balaban J connectivity index is 1.98. The molecule has 166 valence electrons. The van der Waals surface area contributed by atoms with Gasteiger partial charge in [0.1, 0.15) is 0 Å². The maximum absolute atomic E-state index is 11.4. The molecule has 1 aromatic rings. The molecule has 1 aromatic heterocycles. The Bertz CT molecular complexity index is 628. The highest BCUT2D eigenvalue weighted by atomic mass is 16.5. The van der Waals surface area contributed by atoms with E-state index in [1.165, 1.54) is 32.1 Å². The van der Waals surface area contributed by atoms with Gasteiger partial charge in [0.25, 0.3) is 0 Å². The first-order valence-corrected chi connectivity index (χ1v) is 11.4. The summed E-state index contributed by atoms with van der Waals surface area (Å²) in [6.07, 6.45) is 9.50. The molecule has 0 bridgehead atoms. The van der Waals surface area contributed by atoms with Crippen molar-refractivity contribution in [2.24, 2.45) is 16.7 Å². The van der Waals surface area contributed by atoms with Gasteiger partial charge in [-0.05, 0) is 49.0 Å². The number of nitrogens with zero attached hydrogens (tertiary/aromatic N) is 2. The number of hydrogen-bond acceptors (Lipinski definition) is 5. The molecule has 0 radical (unpaired) electrons. The van der Waals surface area contributed by atoms with Crippen molar-refractivity contribution >= 4 is 5.97 Å². The van der Waals surface area contributed by atoms with E-state index in [0.29, 0.717) is 29.6 Å². The Morgan fingerprint density at radius 3 is 2.52 bits per heavy atom. The molecule has 2 rings (SSSR count). The number of carboxylic acid groups (broad SMARTS) is 1. The van der Waals surface area contributed by atoms with Crippen LogP contribution in [0, 0.1) is 16.7 Å². The zero-order valence-corrected chi connectivity index (χ0v) is 19.1. The molecule has 1 fully saturated rings. The quantitative estimate of drug-likeness (QED) is 0.500. The van der Waals surface area contributed by atoms with Gasteiger partial charge in [-0.3, -0.25) is 4.79 Å². The normalized spacial score (nSPS) is 18.1. The lowest BCUT2D eigenvalue weighted by Gasteiger charge is -2.48. The zero-order chi connectivity index (χ0) is 21.5. The minimum absolute atomic E-state index is 0.0452. The summed E-state index contributed by atoms with van der Waals surface area (Å²) in [6, 6.07) is 0. The monoisotopic (exact) mass is 407 g/mol. The smallest absolute Gasteiger partial charge is 0.304 e. The van der Waals surface area contributed by atoms with Crippen LogP contribution < -0.4 is 5.32 Å². The van der Waals surface area contributed by atoms with E-state index in [1.807, 2.05) is 0 Å². The van der Waals surface area contributed by atoms with Crippen molar-refractivity contribution < 1.29 is 14.4 Å². The topological polar surface area (TPSA) is 88.2 Å². The Kier molecular flexibility index (Phi) is 8.68. The van der Waals surface area contributed by atoms with Crippen LogP contribution in [0.3, 0.4) is 0 Å². The average Bonchev–Trinajstić information content (AvgIpc) is 3.09. The minimum atomic E-state index is -0.809. The standard InChI is InChI=1S/C23H41N3O3/c1-17(2)15-24-16-19-25-21(29-26-19)18(14-20(27)28)10-9-13-23(22(3,4)5)11-7-6-8-12-23/h17-18,24H,6-16H2,1-5H3,(H,27,28). The van der Waals surface area contributed by atoms with Gasteiger partial charge in [-0.2, -0.15) is 4.98 Å². The molecule has 0 saturated heterocycles. The summed E-state index contributed by atoms with van der Waals surface area (Å²) in [7, 11) is 0. The van der Waals surface area contributed by atoms with Crippen molar-refractivity contribution in [2.75, 3.05) is 6.54 Å². The highest BCUT2D eigenvalue weighted by Crippen LogP contribution is 2.53. The van der Waals surface area contributed by atoms with Crippen LogP contribution in [0.25, 0.3) is 0 Å². The van der Waals surface area contributed by atoms with Crippen LogP contribution in [0.5, 0.6) is 0 Å². The molecule has 6 heteroatoms. The van der Waals surface area contributed by atoms with E-state index < -0.39 is 5.97 Å². The van der Waals surface area contributed by atoms with Gasteiger partial charge in [-0.1, -0.05) is 65.5 Å². The lowest BCUT2D eigenvalue weighted by molar-refractivity contribution is -0.137. The van der Waals surface area contributed by atoms with Gasteiger partial charge in [0.15, 0.2) is 5.82 Å². The maximum atomic E-state index is 11.4. The molecule has 1 saturated carbocycles.